The number of carbonyl (C=O) groups is 2. The van der Waals surface area contributed by atoms with Crippen LogP contribution < -0.4 is 0 Å². The second kappa shape index (κ2) is 4.28. The quantitative estimate of drug-likeness (QED) is 0.547. The lowest BCUT2D eigenvalue weighted by Gasteiger charge is -2.00. The second-order valence-corrected chi connectivity index (χ2v) is 3.81. The van der Waals surface area contributed by atoms with Crippen LogP contribution >= 0.6 is 11.3 Å². The van der Waals surface area contributed by atoms with Crippen LogP contribution in [-0.4, -0.2) is 16.6 Å². The topological polar surface area (TPSA) is 47.0 Å². The summed E-state index contributed by atoms with van der Waals surface area (Å²) in [6.07, 6.45) is -0.0264. The Morgan fingerprint density at radius 2 is 2.23 bits per heavy atom. The predicted octanol–water partition coefficient (Wildman–Crippen LogP) is 1.94. The van der Waals surface area contributed by atoms with E-state index in [1.807, 2.05) is 0 Å². The van der Waals surface area contributed by atoms with E-state index in [4.69, 9.17) is 0 Å². The summed E-state index contributed by atoms with van der Waals surface area (Å²) in [4.78, 5) is 26.4. The minimum atomic E-state index is -0.181. The van der Waals surface area contributed by atoms with Gasteiger partial charge in [-0.15, -0.1) is 11.3 Å². The average Bonchev–Trinajstić information content (AvgIpc) is 2.55. The number of ketones is 2. The molecule has 3 nitrogen and oxygen atoms in total. The maximum Gasteiger partial charge on any atom is 0.189 e. The summed E-state index contributed by atoms with van der Waals surface area (Å²) >= 11 is 1.36. The van der Waals surface area contributed by atoms with Crippen molar-refractivity contribution in [3.63, 3.8) is 0 Å². The number of hydrogen-bond acceptors (Lipinski definition) is 4. The van der Waals surface area contributed by atoms with E-state index in [1.165, 1.54) is 11.3 Å². The number of nitrogens with zero attached hydrogens (tertiary/aromatic N) is 1. The van der Waals surface area contributed by atoms with Crippen molar-refractivity contribution in [2.45, 2.75) is 20.3 Å². The Morgan fingerprint density at radius 3 is 2.69 bits per heavy atom. The van der Waals surface area contributed by atoms with Crippen molar-refractivity contribution in [2.24, 2.45) is 5.92 Å². The maximum atomic E-state index is 11.3. The molecule has 4 heteroatoms. The van der Waals surface area contributed by atoms with E-state index >= 15 is 0 Å². The van der Waals surface area contributed by atoms with Gasteiger partial charge in [-0.25, -0.2) is 4.98 Å². The molecule has 1 rings (SSSR count). The highest BCUT2D eigenvalue weighted by Crippen LogP contribution is 2.07. The summed E-state index contributed by atoms with van der Waals surface area (Å²) in [6, 6.07) is 0. The number of Topliss-reactive ketones (excluding diaryl/α,β-unsaturated/α-hetero) is 2. The van der Waals surface area contributed by atoms with Gasteiger partial charge in [-0.05, 0) is 0 Å². The van der Waals surface area contributed by atoms with Crippen molar-refractivity contribution in [3.05, 3.63) is 16.6 Å². The SMILES string of the molecule is CC(C)C(=O)CC(=O)c1cscn1. The van der Waals surface area contributed by atoms with Gasteiger partial charge in [0.25, 0.3) is 0 Å². The maximum absolute atomic E-state index is 11.3. The van der Waals surface area contributed by atoms with Crippen molar-refractivity contribution in [1.82, 2.24) is 4.98 Å². The van der Waals surface area contributed by atoms with Crippen molar-refractivity contribution in [2.75, 3.05) is 0 Å². The standard InChI is InChI=1S/C9H11NO2S/c1-6(2)8(11)3-9(12)7-4-13-5-10-7/h4-6H,3H2,1-2H3. The lowest BCUT2D eigenvalue weighted by Crippen LogP contribution is -2.13. The third kappa shape index (κ3) is 2.73. The third-order valence-electron chi connectivity index (χ3n) is 1.70. The van der Waals surface area contributed by atoms with E-state index in [0.29, 0.717) is 5.69 Å². The summed E-state index contributed by atoms with van der Waals surface area (Å²) in [5, 5.41) is 1.66. The number of carbonyl (C=O) groups excluding carboxylic acids is 2. The molecular weight excluding hydrogens is 186 g/mol. The van der Waals surface area contributed by atoms with E-state index in [0.717, 1.165) is 0 Å². The molecule has 0 N–H and O–H groups in total. The Balaban J connectivity index is 2.57. The van der Waals surface area contributed by atoms with Crippen molar-refractivity contribution in [1.29, 1.82) is 0 Å². The van der Waals surface area contributed by atoms with Gasteiger partial charge in [0.05, 0.1) is 11.9 Å². The lowest BCUT2D eigenvalue weighted by molar-refractivity contribution is -0.121. The highest BCUT2D eigenvalue weighted by atomic mass is 32.1. The van der Waals surface area contributed by atoms with Crippen LogP contribution in [0.15, 0.2) is 10.9 Å². The molecular formula is C9H11NO2S. The van der Waals surface area contributed by atoms with E-state index in [2.05, 4.69) is 4.98 Å². The number of rotatable bonds is 4. The van der Waals surface area contributed by atoms with E-state index in [1.54, 1.807) is 24.7 Å². The summed E-state index contributed by atoms with van der Waals surface area (Å²) in [6.45, 7) is 3.58. The Morgan fingerprint density at radius 1 is 1.54 bits per heavy atom. The molecule has 0 unspecified atom stereocenters. The van der Waals surface area contributed by atoms with Gasteiger partial charge in [-0.2, -0.15) is 0 Å². The van der Waals surface area contributed by atoms with E-state index < -0.39 is 0 Å². The fraction of sp³-hybridized carbons (Fsp3) is 0.444. The normalized spacial score (nSPS) is 10.4. The molecule has 0 bridgehead atoms. The zero-order valence-electron chi connectivity index (χ0n) is 7.61. The van der Waals surface area contributed by atoms with Crippen LogP contribution in [0, 0.1) is 5.92 Å². The van der Waals surface area contributed by atoms with Crippen LogP contribution in [0.4, 0.5) is 0 Å². The molecule has 13 heavy (non-hydrogen) atoms. The van der Waals surface area contributed by atoms with Gasteiger partial charge in [0, 0.05) is 11.3 Å². The number of aromatic nitrogens is 1. The molecule has 1 heterocycles. The Kier molecular flexibility index (Phi) is 3.31. The highest BCUT2D eigenvalue weighted by Gasteiger charge is 2.15. The molecule has 0 fully saturated rings. The molecule has 0 aliphatic heterocycles. The molecule has 0 radical (unpaired) electrons. The van der Waals surface area contributed by atoms with Crippen LogP contribution in [0.25, 0.3) is 0 Å². The second-order valence-electron chi connectivity index (χ2n) is 3.09. The van der Waals surface area contributed by atoms with Crippen LogP contribution in [0.1, 0.15) is 30.8 Å². The lowest BCUT2D eigenvalue weighted by atomic mass is 10.0. The van der Waals surface area contributed by atoms with Gasteiger partial charge < -0.3 is 0 Å². The van der Waals surface area contributed by atoms with Crippen molar-refractivity contribution >= 4 is 22.9 Å². The minimum Gasteiger partial charge on any atom is -0.299 e. The molecule has 0 aromatic carbocycles. The smallest absolute Gasteiger partial charge is 0.189 e. The fourth-order valence-corrected chi connectivity index (χ4v) is 1.36. The highest BCUT2D eigenvalue weighted by molar-refractivity contribution is 7.07. The first-order chi connectivity index (χ1) is 6.11. The van der Waals surface area contributed by atoms with Gasteiger partial charge in [-0.3, -0.25) is 9.59 Å². The largest absolute Gasteiger partial charge is 0.299 e. The molecule has 1 aromatic rings. The van der Waals surface area contributed by atoms with E-state index in [9.17, 15) is 9.59 Å². The zero-order valence-corrected chi connectivity index (χ0v) is 8.43. The summed E-state index contributed by atoms with van der Waals surface area (Å²) in [5.74, 6) is -0.291. The number of thiazole rings is 1. The van der Waals surface area contributed by atoms with Gasteiger partial charge in [-0.1, -0.05) is 13.8 Å². The Bertz CT molecular complexity index is 303. The molecule has 0 aliphatic rings. The first-order valence-corrected chi connectivity index (χ1v) is 4.99. The third-order valence-corrected chi connectivity index (χ3v) is 2.28. The van der Waals surface area contributed by atoms with Gasteiger partial charge in [0.15, 0.2) is 5.78 Å². The van der Waals surface area contributed by atoms with Crippen LogP contribution in [-0.2, 0) is 4.79 Å². The van der Waals surface area contributed by atoms with Crippen LogP contribution in [0.3, 0.4) is 0 Å². The Labute approximate surface area is 80.8 Å². The van der Waals surface area contributed by atoms with Crippen molar-refractivity contribution < 1.29 is 9.59 Å². The monoisotopic (exact) mass is 197 g/mol. The van der Waals surface area contributed by atoms with Crippen LogP contribution in [0.2, 0.25) is 0 Å². The zero-order chi connectivity index (χ0) is 9.84. The summed E-state index contributed by atoms with van der Waals surface area (Å²) in [5.41, 5.74) is 1.99. The van der Waals surface area contributed by atoms with Gasteiger partial charge in [0.2, 0.25) is 0 Å². The molecule has 0 aliphatic carbocycles. The molecule has 1 aromatic heterocycles. The van der Waals surface area contributed by atoms with Gasteiger partial charge in [0.1, 0.15) is 11.5 Å². The molecule has 0 amide bonds. The molecule has 0 atom stereocenters. The van der Waals surface area contributed by atoms with Gasteiger partial charge >= 0.3 is 0 Å². The minimum absolute atomic E-state index is 0.0264. The summed E-state index contributed by atoms with van der Waals surface area (Å²) < 4.78 is 0. The first kappa shape index (κ1) is 10.1. The Hall–Kier alpha value is -1.03. The van der Waals surface area contributed by atoms with Crippen LogP contribution in [0.5, 0.6) is 0 Å². The molecule has 0 spiro atoms. The average molecular weight is 197 g/mol. The predicted molar refractivity (Wildman–Crippen MR) is 50.9 cm³/mol. The number of hydrogen-bond donors (Lipinski definition) is 0. The first-order valence-electron chi connectivity index (χ1n) is 4.05. The van der Waals surface area contributed by atoms with Crippen molar-refractivity contribution in [3.8, 4) is 0 Å². The molecule has 0 saturated heterocycles. The van der Waals surface area contributed by atoms with E-state index in [-0.39, 0.29) is 23.9 Å². The fourth-order valence-electron chi connectivity index (χ4n) is 0.803. The summed E-state index contributed by atoms with van der Waals surface area (Å²) in [7, 11) is 0. The molecule has 0 saturated carbocycles. The molecule has 70 valence electrons.